The van der Waals surface area contributed by atoms with Crippen molar-refractivity contribution in [1.82, 2.24) is 0 Å². The van der Waals surface area contributed by atoms with Gasteiger partial charge in [-0.15, -0.1) is 0 Å². The third-order valence-electron chi connectivity index (χ3n) is 6.96. The van der Waals surface area contributed by atoms with Crippen LogP contribution in [0.25, 0.3) is 43.4 Å². The lowest BCUT2D eigenvalue weighted by molar-refractivity contribution is 0.0893. The van der Waals surface area contributed by atoms with Gasteiger partial charge < -0.3 is 0 Å². The van der Waals surface area contributed by atoms with Crippen LogP contribution >= 0.6 is 0 Å². The summed E-state index contributed by atoms with van der Waals surface area (Å²) in [7, 11) is 0. The number of imide groups is 1. The smallest absolute Gasteiger partial charge is 0.265 e. The molecule has 7 rings (SSSR count). The highest BCUT2D eigenvalue weighted by Crippen LogP contribution is 2.39. The Morgan fingerprint density at radius 1 is 0.457 bits per heavy atom. The molecule has 3 heteroatoms. The van der Waals surface area contributed by atoms with Crippen molar-refractivity contribution in [3.63, 3.8) is 0 Å². The second-order valence-corrected chi connectivity index (χ2v) is 8.93. The lowest BCUT2D eigenvalue weighted by Crippen LogP contribution is -2.40. The highest BCUT2D eigenvalue weighted by atomic mass is 16.2. The minimum absolute atomic E-state index is 0.293. The lowest BCUT2D eigenvalue weighted by atomic mass is 9.88. The molecule has 35 heavy (non-hydrogen) atoms. The first kappa shape index (κ1) is 19.7. The minimum Gasteiger partial charge on any atom is -0.268 e. The minimum atomic E-state index is -0.293. The van der Waals surface area contributed by atoms with Crippen LogP contribution < -0.4 is 4.90 Å². The number of hydrogen-bond donors (Lipinski definition) is 0. The molecule has 1 aliphatic heterocycles. The van der Waals surface area contributed by atoms with Crippen molar-refractivity contribution in [2.45, 2.75) is 0 Å². The van der Waals surface area contributed by atoms with Crippen molar-refractivity contribution in [2.24, 2.45) is 0 Å². The van der Waals surface area contributed by atoms with Gasteiger partial charge in [0.05, 0.1) is 5.69 Å². The Kier molecular flexibility index (Phi) is 4.15. The molecule has 0 unspecified atom stereocenters. The molecular weight excluding hydrogens is 430 g/mol. The fourth-order valence-electron chi connectivity index (χ4n) is 5.26. The Bertz CT molecular complexity index is 1830. The summed E-state index contributed by atoms with van der Waals surface area (Å²) in [4.78, 5) is 28.7. The molecule has 1 heterocycles. The first-order chi connectivity index (χ1) is 17.2. The van der Waals surface area contributed by atoms with Crippen molar-refractivity contribution in [3.8, 4) is 11.1 Å². The van der Waals surface area contributed by atoms with Crippen LogP contribution in [0.2, 0.25) is 0 Å². The zero-order valence-electron chi connectivity index (χ0n) is 18.7. The van der Waals surface area contributed by atoms with E-state index in [4.69, 9.17) is 0 Å². The van der Waals surface area contributed by atoms with Gasteiger partial charge in [-0.3, -0.25) is 9.59 Å². The van der Waals surface area contributed by atoms with E-state index in [0.29, 0.717) is 16.8 Å². The highest BCUT2D eigenvalue weighted by molar-refractivity contribution is 6.36. The Morgan fingerprint density at radius 3 is 1.80 bits per heavy atom. The molecule has 0 aromatic heterocycles. The molecule has 164 valence electrons. The SMILES string of the molecule is O=C1c2cccc3c(-c4ccc5ccccc5c4)ccc(c23)C(=O)N1c1ccc2ccccc2c1. The predicted molar refractivity (Wildman–Crippen MR) is 142 cm³/mol. The van der Waals surface area contributed by atoms with Crippen LogP contribution in [0.1, 0.15) is 20.7 Å². The summed E-state index contributed by atoms with van der Waals surface area (Å²) < 4.78 is 0. The molecule has 2 amide bonds. The molecule has 0 saturated heterocycles. The molecule has 3 nitrogen and oxygen atoms in total. The van der Waals surface area contributed by atoms with Crippen LogP contribution in [0.3, 0.4) is 0 Å². The number of nitrogens with zero attached hydrogens (tertiary/aromatic N) is 1. The largest absolute Gasteiger partial charge is 0.268 e. The van der Waals surface area contributed by atoms with Gasteiger partial charge in [-0.1, -0.05) is 84.9 Å². The number of anilines is 1. The number of rotatable bonds is 2. The monoisotopic (exact) mass is 449 g/mol. The average molecular weight is 450 g/mol. The number of carbonyl (C=O) groups excluding carboxylic acids is 2. The fraction of sp³-hybridized carbons (Fsp3) is 0. The van der Waals surface area contributed by atoms with Crippen molar-refractivity contribution in [2.75, 3.05) is 4.90 Å². The van der Waals surface area contributed by atoms with Gasteiger partial charge in [0.25, 0.3) is 11.8 Å². The van der Waals surface area contributed by atoms with E-state index in [1.807, 2.05) is 84.9 Å². The standard InChI is InChI=1S/C32H19NO2/c34-31-28-11-5-10-27-26(24-13-12-20-6-1-3-8-22(20)18-24)16-17-29(30(27)28)32(35)33(31)25-15-14-21-7-2-4-9-23(21)19-25/h1-19H. The summed E-state index contributed by atoms with van der Waals surface area (Å²) in [5.74, 6) is -0.585. The maximum atomic E-state index is 13.7. The van der Waals surface area contributed by atoms with Crippen molar-refractivity contribution in [1.29, 1.82) is 0 Å². The van der Waals surface area contributed by atoms with E-state index < -0.39 is 0 Å². The normalized spacial score (nSPS) is 13.2. The van der Waals surface area contributed by atoms with Gasteiger partial charge in [0, 0.05) is 16.5 Å². The first-order valence-corrected chi connectivity index (χ1v) is 11.6. The predicted octanol–water partition coefficient (Wildman–Crippen LogP) is 7.61. The lowest BCUT2D eigenvalue weighted by Gasteiger charge is -2.28. The molecule has 0 fully saturated rings. The zero-order chi connectivity index (χ0) is 23.5. The molecule has 6 aromatic carbocycles. The first-order valence-electron chi connectivity index (χ1n) is 11.6. The van der Waals surface area contributed by atoms with Gasteiger partial charge in [-0.25, -0.2) is 4.90 Å². The van der Waals surface area contributed by atoms with Crippen molar-refractivity contribution >= 4 is 49.8 Å². The van der Waals surface area contributed by atoms with E-state index in [0.717, 1.165) is 38.1 Å². The van der Waals surface area contributed by atoms with Gasteiger partial charge in [0.2, 0.25) is 0 Å². The van der Waals surface area contributed by atoms with E-state index in [2.05, 4.69) is 30.3 Å². The van der Waals surface area contributed by atoms with Gasteiger partial charge in [0.1, 0.15) is 0 Å². The van der Waals surface area contributed by atoms with Gasteiger partial charge >= 0.3 is 0 Å². The van der Waals surface area contributed by atoms with E-state index in [-0.39, 0.29) is 11.8 Å². The molecule has 0 N–H and O–H groups in total. The van der Waals surface area contributed by atoms with E-state index in [1.165, 1.54) is 10.3 Å². The Morgan fingerprint density at radius 2 is 1.06 bits per heavy atom. The molecule has 0 atom stereocenters. The highest BCUT2D eigenvalue weighted by Gasteiger charge is 2.34. The Labute approximate surface area is 201 Å². The van der Waals surface area contributed by atoms with E-state index >= 15 is 0 Å². The van der Waals surface area contributed by atoms with Crippen molar-refractivity contribution < 1.29 is 9.59 Å². The third-order valence-corrected chi connectivity index (χ3v) is 6.96. The number of fused-ring (bicyclic) bond motifs is 2. The summed E-state index contributed by atoms with van der Waals surface area (Å²) in [5.41, 5.74) is 3.75. The summed E-state index contributed by atoms with van der Waals surface area (Å²) >= 11 is 0. The molecule has 0 bridgehead atoms. The quantitative estimate of drug-likeness (QED) is 0.255. The van der Waals surface area contributed by atoms with Crippen LogP contribution in [0, 0.1) is 0 Å². The van der Waals surface area contributed by atoms with Crippen LogP contribution in [0.15, 0.2) is 115 Å². The second-order valence-electron chi connectivity index (χ2n) is 8.93. The van der Waals surface area contributed by atoms with E-state index in [1.54, 1.807) is 0 Å². The van der Waals surface area contributed by atoms with Crippen LogP contribution in [0.4, 0.5) is 5.69 Å². The van der Waals surface area contributed by atoms with Gasteiger partial charge in [-0.05, 0) is 68.4 Å². The second kappa shape index (κ2) is 7.37. The topological polar surface area (TPSA) is 37.4 Å². The Hall–Kier alpha value is -4.76. The zero-order valence-corrected chi connectivity index (χ0v) is 18.7. The number of amides is 2. The molecule has 6 aromatic rings. The third kappa shape index (κ3) is 2.92. The molecule has 0 saturated carbocycles. The maximum Gasteiger partial charge on any atom is 0.265 e. The van der Waals surface area contributed by atoms with Gasteiger partial charge in [0.15, 0.2) is 0 Å². The summed E-state index contributed by atoms with van der Waals surface area (Å²) in [6.07, 6.45) is 0. The average Bonchev–Trinajstić information content (AvgIpc) is 2.91. The molecule has 0 aliphatic carbocycles. The fourth-order valence-corrected chi connectivity index (χ4v) is 5.26. The molecule has 0 spiro atoms. The summed E-state index contributed by atoms with van der Waals surface area (Å²) in [5, 5.41) is 6.02. The number of carbonyl (C=O) groups is 2. The molecule has 1 aliphatic rings. The van der Waals surface area contributed by atoms with Gasteiger partial charge in [-0.2, -0.15) is 0 Å². The number of benzene rings is 6. The summed E-state index contributed by atoms with van der Waals surface area (Å²) in [6.45, 7) is 0. The Balaban J connectivity index is 1.41. The van der Waals surface area contributed by atoms with Crippen LogP contribution in [0.5, 0.6) is 0 Å². The number of hydrogen-bond acceptors (Lipinski definition) is 2. The maximum absolute atomic E-state index is 13.7. The van der Waals surface area contributed by atoms with Crippen LogP contribution in [-0.4, -0.2) is 11.8 Å². The van der Waals surface area contributed by atoms with E-state index in [9.17, 15) is 9.59 Å². The summed E-state index contributed by atoms with van der Waals surface area (Å²) in [6, 6.07) is 37.8. The molecule has 0 radical (unpaired) electrons. The van der Waals surface area contributed by atoms with Crippen LogP contribution in [-0.2, 0) is 0 Å². The van der Waals surface area contributed by atoms with Crippen molar-refractivity contribution in [3.05, 3.63) is 126 Å². The molecular formula is C32H19NO2.